The Morgan fingerprint density at radius 3 is 2.31 bits per heavy atom. The van der Waals surface area contributed by atoms with E-state index in [4.69, 9.17) is 21.1 Å². The maximum Gasteiger partial charge on any atom is 0.166 e. The van der Waals surface area contributed by atoms with Crippen molar-refractivity contribution in [3.8, 4) is 11.5 Å². The van der Waals surface area contributed by atoms with Gasteiger partial charge in [-0.05, 0) is 56.4 Å². The van der Waals surface area contributed by atoms with Crippen molar-refractivity contribution in [2.75, 3.05) is 33.3 Å². The van der Waals surface area contributed by atoms with E-state index < -0.39 is 0 Å². The van der Waals surface area contributed by atoms with Crippen LogP contribution in [0.4, 0.5) is 0 Å². The Bertz CT molecular complexity index is 680. The van der Waals surface area contributed by atoms with E-state index in [0.29, 0.717) is 6.61 Å². The van der Waals surface area contributed by atoms with Gasteiger partial charge in [0, 0.05) is 17.1 Å². The van der Waals surface area contributed by atoms with Crippen LogP contribution >= 0.6 is 36.4 Å². The van der Waals surface area contributed by atoms with E-state index in [9.17, 15) is 0 Å². The predicted octanol–water partition coefficient (Wildman–Crippen LogP) is 5.59. The van der Waals surface area contributed by atoms with Crippen molar-refractivity contribution in [2.24, 2.45) is 0 Å². The van der Waals surface area contributed by atoms with Gasteiger partial charge in [0.2, 0.25) is 0 Å². The molecule has 2 rings (SSSR count). The third kappa shape index (κ3) is 9.45. The molecule has 2 aromatic rings. The Kier molecular flexibility index (Phi) is 15.0. The number of rotatable bonds is 12. The Morgan fingerprint density at radius 1 is 1.00 bits per heavy atom. The average molecular weight is 464 g/mol. The van der Waals surface area contributed by atoms with Crippen LogP contribution in [0.1, 0.15) is 31.4 Å². The molecule has 0 heterocycles. The second kappa shape index (κ2) is 15.6. The van der Waals surface area contributed by atoms with E-state index in [-0.39, 0.29) is 24.8 Å². The summed E-state index contributed by atoms with van der Waals surface area (Å²) in [5, 5.41) is 4.25. The normalized spacial score (nSPS) is 10.2. The Balaban J connectivity index is 0.00000392. The van der Waals surface area contributed by atoms with E-state index in [2.05, 4.69) is 30.1 Å². The first-order valence-electron chi connectivity index (χ1n) is 9.64. The largest absolute Gasteiger partial charge is 0.493 e. The van der Waals surface area contributed by atoms with Crippen LogP contribution in [0.25, 0.3) is 0 Å². The zero-order valence-corrected chi connectivity index (χ0v) is 19.8. The third-order valence-electron chi connectivity index (χ3n) is 4.61. The molecular weight excluding hydrogens is 431 g/mol. The minimum Gasteiger partial charge on any atom is -0.493 e. The molecule has 0 aromatic heterocycles. The molecule has 0 fully saturated rings. The predicted molar refractivity (Wildman–Crippen MR) is 127 cm³/mol. The fourth-order valence-electron chi connectivity index (χ4n) is 2.95. The number of halogens is 3. The number of hydrogen-bond acceptors (Lipinski definition) is 4. The average Bonchev–Trinajstić information content (AvgIpc) is 2.70. The van der Waals surface area contributed by atoms with Crippen LogP contribution in [0.2, 0.25) is 5.02 Å². The van der Waals surface area contributed by atoms with E-state index >= 15 is 0 Å². The summed E-state index contributed by atoms with van der Waals surface area (Å²) in [6.45, 7) is 9.96. The summed E-state index contributed by atoms with van der Waals surface area (Å²) in [4.78, 5) is 2.44. The first-order chi connectivity index (χ1) is 13.2. The number of para-hydroxylation sites is 1. The van der Waals surface area contributed by atoms with Crippen LogP contribution in [-0.2, 0) is 13.2 Å². The number of ether oxygens (including phenoxy) is 2. The van der Waals surface area contributed by atoms with Gasteiger partial charge in [-0.3, -0.25) is 0 Å². The monoisotopic (exact) mass is 462 g/mol. The standard InChI is InChI=1S/C22H31ClN2O2.2ClH/c1-4-25(5-2)15-7-14-24-16-19-8-6-9-21(26-3)22(19)27-17-18-10-12-20(23)13-11-18;;/h6,8-13,24H,4-5,7,14-17H2,1-3H3;2*1H. The molecule has 0 radical (unpaired) electrons. The SMILES string of the molecule is CCN(CC)CCCNCc1cccc(OC)c1OCc1ccc(Cl)cc1.Cl.Cl. The fraction of sp³-hybridized carbons (Fsp3) is 0.455. The van der Waals surface area contributed by atoms with Crippen LogP contribution in [0.15, 0.2) is 42.5 Å². The van der Waals surface area contributed by atoms with Crippen molar-refractivity contribution in [2.45, 2.75) is 33.4 Å². The maximum atomic E-state index is 6.10. The fourth-order valence-corrected chi connectivity index (χ4v) is 3.08. The summed E-state index contributed by atoms with van der Waals surface area (Å²) >= 11 is 5.95. The molecule has 2 aromatic carbocycles. The van der Waals surface area contributed by atoms with Crippen LogP contribution in [-0.4, -0.2) is 38.2 Å². The molecule has 0 bridgehead atoms. The van der Waals surface area contributed by atoms with Gasteiger partial charge >= 0.3 is 0 Å². The molecule has 0 saturated carbocycles. The summed E-state index contributed by atoms with van der Waals surface area (Å²) in [7, 11) is 1.67. The quantitative estimate of drug-likeness (QED) is 0.416. The van der Waals surface area contributed by atoms with Crippen LogP contribution in [0, 0.1) is 0 Å². The topological polar surface area (TPSA) is 33.7 Å². The van der Waals surface area contributed by atoms with Crippen molar-refractivity contribution in [3.05, 3.63) is 58.6 Å². The molecular formula is C22H33Cl3N2O2. The molecule has 164 valence electrons. The molecule has 0 amide bonds. The molecule has 0 aliphatic heterocycles. The highest BCUT2D eigenvalue weighted by molar-refractivity contribution is 6.30. The number of methoxy groups -OCH3 is 1. The second-order valence-electron chi connectivity index (χ2n) is 6.42. The van der Waals surface area contributed by atoms with Crippen molar-refractivity contribution in [1.82, 2.24) is 10.2 Å². The van der Waals surface area contributed by atoms with E-state index in [1.165, 1.54) is 0 Å². The van der Waals surface area contributed by atoms with Crippen molar-refractivity contribution in [3.63, 3.8) is 0 Å². The van der Waals surface area contributed by atoms with Gasteiger partial charge in [0.1, 0.15) is 6.61 Å². The van der Waals surface area contributed by atoms with Gasteiger partial charge in [-0.1, -0.05) is 49.7 Å². The first kappa shape index (κ1) is 27.8. The van der Waals surface area contributed by atoms with Gasteiger partial charge in [0.15, 0.2) is 11.5 Å². The minimum atomic E-state index is 0. The number of nitrogens with zero attached hydrogens (tertiary/aromatic N) is 1. The third-order valence-corrected chi connectivity index (χ3v) is 4.87. The molecule has 7 heteroatoms. The Labute approximate surface area is 192 Å². The van der Waals surface area contributed by atoms with Gasteiger partial charge in [0.05, 0.1) is 7.11 Å². The molecule has 29 heavy (non-hydrogen) atoms. The Hall–Kier alpha value is -1.17. The zero-order chi connectivity index (χ0) is 19.5. The zero-order valence-electron chi connectivity index (χ0n) is 17.4. The molecule has 0 saturated heterocycles. The van der Waals surface area contributed by atoms with Gasteiger partial charge in [-0.25, -0.2) is 0 Å². The van der Waals surface area contributed by atoms with Gasteiger partial charge in [-0.2, -0.15) is 0 Å². The first-order valence-corrected chi connectivity index (χ1v) is 10.0. The van der Waals surface area contributed by atoms with Crippen molar-refractivity contribution < 1.29 is 9.47 Å². The summed E-state index contributed by atoms with van der Waals surface area (Å²) < 4.78 is 11.6. The number of hydrogen-bond donors (Lipinski definition) is 1. The molecule has 1 N–H and O–H groups in total. The van der Waals surface area contributed by atoms with Gasteiger partial charge in [0.25, 0.3) is 0 Å². The highest BCUT2D eigenvalue weighted by Gasteiger charge is 2.11. The van der Waals surface area contributed by atoms with Crippen molar-refractivity contribution in [1.29, 1.82) is 0 Å². The molecule has 4 nitrogen and oxygen atoms in total. The molecule has 0 atom stereocenters. The minimum absolute atomic E-state index is 0. The highest BCUT2D eigenvalue weighted by Crippen LogP contribution is 2.31. The summed E-state index contributed by atoms with van der Waals surface area (Å²) in [6, 6.07) is 13.7. The van der Waals surface area contributed by atoms with Gasteiger partial charge < -0.3 is 19.7 Å². The Morgan fingerprint density at radius 2 is 1.69 bits per heavy atom. The molecule has 0 aliphatic carbocycles. The van der Waals surface area contributed by atoms with Crippen LogP contribution in [0.5, 0.6) is 11.5 Å². The molecule has 0 unspecified atom stereocenters. The second-order valence-corrected chi connectivity index (χ2v) is 6.86. The summed E-state index contributed by atoms with van der Waals surface area (Å²) in [6.07, 6.45) is 1.13. The lowest BCUT2D eigenvalue weighted by atomic mass is 10.1. The summed E-state index contributed by atoms with van der Waals surface area (Å²) in [5.41, 5.74) is 2.18. The molecule has 0 aliphatic rings. The lowest BCUT2D eigenvalue weighted by Crippen LogP contribution is -2.27. The van der Waals surface area contributed by atoms with Crippen molar-refractivity contribution >= 4 is 36.4 Å². The number of benzene rings is 2. The van der Waals surface area contributed by atoms with E-state index in [1.54, 1.807) is 7.11 Å². The van der Waals surface area contributed by atoms with E-state index in [1.807, 2.05) is 36.4 Å². The maximum absolute atomic E-state index is 6.10. The van der Waals surface area contributed by atoms with E-state index in [0.717, 1.165) is 66.8 Å². The smallest absolute Gasteiger partial charge is 0.166 e. The summed E-state index contributed by atoms with van der Waals surface area (Å²) in [5.74, 6) is 1.55. The molecule has 0 spiro atoms. The van der Waals surface area contributed by atoms with Gasteiger partial charge in [-0.15, -0.1) is 24.8 Å². The van der Waals surface area contributed by atoms with Crippen LogP contribution in [0.3, 0.4) is 0 Å². The van der Waals surface area contributed by atoms with Crippen LogP contribution < -0.4 is 14.8 Å². The lowest BCUT2D eigenvalue weighted by Gasteiger charge is -2.18. The lowest BCUT2D eigenvalue weighted by molar-refractivity contribution is 0.280. The number of nitrogens with one attached hydrogen (secondary N) is 1. The highest BCUT2D eigenvalue weighted by atomic mass is 35.5.